The van der Waals surface area contributed by atoms with Gasteiger partial charge in [0.25, 0.3) is 0 Å². The summed E-state index contributed by atoms with van der Waals surface area (Å²) in [4.78, 5) is 21.1. The molecule has 9 heteroatoms. The fourth-order valence-electron chi connectivity index (χ4n) is 1.95. The van der Waals surface area contributed by atoms with Crippen molar-refractivity contribution in [2.24, 2.45) is 0 Å². The number of ether oxygens (including phenoxy) is 1. The maximum atomic E-state index is 10.5. The van der Waals surface area contributed by atoms with Crippen molar-refractivity contribution in [2.75, 3.05) is 39.4 Å². The second-order valence-corrected chi connectivity index (χ2v) is 5.74. The molecule has 0 amide bonds. The number of aliphatic hydroxyl groups is 1. The van der Waals surface area contributed by atoms with E-state index < -0.39 is 14.1 Å². The standard InChI is InChI=1S/C10H23N2O6P/c1-9(13)11-3-5-12(6-4-11)10(2)17-7-8-18-19(14,15)16/h9-10,13H,3-8H2,1-2H3,(H2,14,15,16). The van der Waals surface area contributed by atoms with Gasteiger partial charge in [0.1, 0.15) is 12.5 Å². The van der Waals surface area contributed by atoms with Crippen molar-refractivity contribution in [2.45, 2.75) is 26.3 Å². The molecule has 3 N–H and O–H groups in total. The number of hydrogen-bond acceptors (Lipinski definition) is 6. The minimum Gasteiger partial charge on any atom is -0.379 e. The van der Waals surface area contributed by atoms with Gasteiger partial charge < -0.3 is 19.6 Å². The lowest BCUT2D eigenvalue weighted by atomic mass is 10.3. The fourth-order valence-corrected chi connectivity index (χ4v) is 2.27. The zero-order chi connectivity index (χ0) is 14.5. The maximum Gasteiger partial charge on any atom is 0.469 e. The van der Waals surface area contributed by atoms with Crippen LogP contribution in [-0.4, -0.2) is 76.5 Å². The number of hydrogen-bond donors (Lipinski definition) is 3. The first kappa shape index (κ1) is 17.0. The Bertz CT molecular complexity index is 302. The Kier molecular flexibility index (Phi) is 6.85. The van der Waals surface area contributed by atoms with Gasteiger partial charge in [-0.25, -0.2) is 4.57 Å². The molecular weight excluding hydrogens is 275 g/mol. The van der Waals surface area contributed by atoms with Crippen molar-refractivity contribution in [3.8, 4) is 0 Å². The van der Waals surface area contributed by atoms with Crippen molar-refractivity contribution < 1.29 is 28.7 Å². The molecule has 1 aliphatic heterocycles. The van der Waals surface area contributed by atoms with E-state index in [1.165, 1.54) is 0 Å². The van der Waals surface area contributed by atoms with Gasteiger partial charge in [-0.2, -0.15) is 0 Å². The Labute approximate surface area is 113 Å². The molecule has 1 fully saturated rings. The summed E-state index contributed by atoms with van der Waals surface area (Å²) in [6.45, 7) is 6.72. The third-order valence-corrected chi connectivity index (χ3v) is 3.61. The summed E-state index contributed by atoms with van der Waals surface area (Å²) >= 11 is 0. The summed E-state index contributed by atoms with van der Waals surface area (Å²) in [6, 6.07) is 0. The monoisotopic (exact) mass is 298 g/mol. The fraction of sp³-hybridized carbons (Fsp3) is 1.00. The largest absolute Gasteiger partial charge is 0.469 e. The highest BCUT2D eigenvalue weighted by molar-refractivity contribution is 7.46. The van der Waals surface area contributed by atoms with Gasteiger partial charge in [-0.1, -0.05) is 0 Å². The van der Waals surface area contributed by atoms with Crippen LogP contribution in [-0.2, 0) is 13.8 Å². The lowest BCUT2D eigenvalue weighted by molar-refractivity contribution is -0.0908. The van der Waals surface area contributed by atoms with Crippen LogP contribution in [0, 0.1) is 0 Å². The van der Waals surface area contributed by atoms with Crippen LogP contribution in [0.2, 0.25) is 0 Å². The number of piperazine rings is 1. The summed E-state index contributed by atoms with van der Waals surface area (Å²) in [7, 11) is -4.41. The van der Waals surface area contributed by atoms with Gasteiger partial charge >= 0.3 is 7.82 Å². The Morgan fingerprint density at radius 2 is 1.63 bits per heavy atom. The van der Waals surface area contributed by atoms with Crippen LogP contribution >= 0.6 is 7.82 Å². The molecule has 0 aromatic heterocycles. The van der Waals surface area contributed by atoms with Gasteiger partial charge in [-0.15, -0.1) is 0 Å². The first-order valence-corrected chi connectivity index (χ1v) is 7.80. The van der Waals surface area contributed by atoms with Gasteiger partial charge in [0.2, 0.25) is 0 Å². The van der Waals surface area contributed by atoms with E-state index >= 15 is 0 Å². The Morgan fingerprint density at radius 1 is 1.11 bits per heavy atom. The smallest absolute Gasteiger partial charge is 0.379 e. The van der Waals surface area contributed by atoms with Gasteiger partial charge in [0.05, 0.1) is 13.2 Å². The van der Waals surface area contributed by atoms with Crippen LogP contribution in [0.5, 0.6) is 0 Å². The van der Waals surface area contributed by atoms with Crippen molar-refractivity contribution in [1.29, 1.82) is 0 Å². The Balaban J connectivity index is 2.17. The van der Waals surface area contributed by atoms with Gasteiger partial charge in [-0.05, 0) is 13.8 Å². The second-order valence-electron chi connectivity index (χ2n) is 4.50. The molecule has 8 nitrogen and oxygen atoms in total. The summed E-state index contributed by atoms with van der Waals surface area (Å²) in [5.41, 5.74) is 0. The highest BCUT2D eigenvalue weighted by Crippen LogP contribution is 2.35. The molecular formula is C10H23N2O6P. The van der Waals surface area contributed by atoms with Gasteiger partial charge in [0, 0.05) is 26.2 Å². The minimum atomic E-state index is -4.41. The number of phosphoric ester groups is 1. The van der Waals surface area contributed by atoms with Crippen LogP contribution in [0.15, 0.2) is 0 Å². The molecule has 0 aliphatic carbocycles. The lowest BCUT2D eigenvalue weighted by Gasteiger charge is -2.38. The average molecular weight is 298 g/mol. The molecule has 1 heterocycles. The molecule has 1 aliphatic rings. The molecule has 0 saturated carbocycles. The van der Waals surface area contributed by atoms with Crippen LogP contribution in [0.1, 0.15) is 13.8 Å². The van der Waals surface area contributed by atoms with Gasteiger partial charge in [-0.3, -0.25) is 14.3 Å². The zero-order valence-corrected chi connectivity index (χ0v) is 12.2. The van der Waals surface area contributed by atoms with E-state index in [2.05, 4.69) is 9.42 Å². The second kappa shape index (κ2) is 7.66. The Morgan fingerprint density at radius 3 is 2.11 bits per heavy atom. The molecule has 0 aromatic carbocycles. The van der Waals surface area contributed by atoms with E-state index in [0.717, 1.165) is 26.2 Å². The molecule has 2 unspecified atom stereocenters. The first-order chi connectivity index (χ1) is 8.79. The van der Waals surface area contributed by atoms with E-state index in [0.29, 0.717) is 0 Å². The third-order valence-electron chi connectivity index (χ3n) is 3.09. The highest BCUT2D eigenvalue weighted by Gasteiger charge is 2.23. The molecule has 1 saturated heterocycles. The maximum absolute atomic E-state index is 10.5. The van der Waals surface area contributed by atoms with E-state index in [4.69, 9.17) is 14.5 Å². The first-order valence-electron chi connectivity index (χ1n) is 6.27. The number of aliphatic hydroxyl groups excluding tert-OH is 1. The lowest BCUT2D eigenvalue weighted by Crippen LogP contribution is -2.52. The number of nitrogens with zero attached hydrogens (tertiary/aromatic N) is 2. The number of rotatable bonds is 7. The van der Waals surface area contributed by atoms with Crippen molar-refractivity contribution in [1.82, 2.24) is 9.80 Å². The van der Waals surface area contributed by atoms with Crippen LogP contribution < -0.4 is 0 Å². The summed E-state index contributed by atoms with van der Waals surface area (Å²) < 4.78 is 20.2. The van der Waals surface area contributed by atoms with Crippen LogP contribution in [0.3, 0.4) is 0 Å². The molecule has 114 valence electrons. The summed E-state index contributed by atoms with van der Waals surface area (Å²) in [5.74, 6) is 0. The summed E-state index contributed by atoms with van der Waals surface area (Å²) in [6.07, 6.45) is -0.577. The quantitative estimate of drug-likeness (QED) is 0.423. The normalized spacial score (nSPS) is 22.4. The zero-order valence-electron chi connectivity index (χ0n) is 11.3. The predicted molar refractivity (Wildman–Crippen MR) is 68.2 cm³/mol. The van der Waals surface area contributed by atoms with E-state index in [1.807, 2.05) is 11.8 Å². The van der Waals surface area contributed by atoms with Crippen molar-refractivity contribution >= 4 is 7.82 Å². The topological polar surface area (TPSA) is 103 Å². The van der Waals surface area contributed by atoms with Crippen molar-refractivity contribution in [3.63, 3.8) is 0 Å². The third kappa shape index (κ3) is 6.78. The van der Waals surface area contributed by atoms with Gasteiger partial charge in [0.15, 0.2) is 0 Å². The summed E-state index contributed by atoms with van der Waals surface area (Å²) in [5, 5.41) is 9.44. The van der Waals surface area contributed by atoms with Crippen LogP contribution in [0.25, 0.3) is 0 Å². The predicted octanol–water partition coefficient (Wildman–Crippen LogP) is -0.586. The molecule has 0 radical (unpaired) electrons. The van der Waals surface area contributed by atoms with Crippen LogP contribution in [0.4, 0.5) is 0 Å². The molecule has 2 atom stereocenters. The SMILES string of the molecule is CC(O)N1CCN(C(C)OCCOP(=O)(O)O)CC1. The average Bonchev–Trinajstić information content (AvgIpc) is 2.33. The Hall–Kier alpha value is -0.0500. The molecule has 0 bridgehead atoms. The van der Waals surface area contributed by atoms with Crippen molar-refractivity contribution in [3.05, 3.63) is 0 Å². The molecule has 0 spiro atoms. The van der Waals surface area contributed by atoms with E-state index in [9.17, 15) is 9.67 Å². The number of phosphoric acid groups is 1. The van der Waals surface area contributed by atoms with E-state index in [1.54, 1.807) is 6.92 Å². The molecule has 1 rings (SSSR count). The molecule has 19 heavy (non-hydrogen) atoms. The van der Waals surface area contributed by atoms with E-state index in [-0.39, 0.29) is 19.4 Å². The molecule has 0 aromatic rings. The minimum absolute atomic E-state index is 0.128. The highest BCUT2D eigenvalue weighted by atomic mass is 31.2.